The number of nitrogens with zero attached hydrogens (tertiary/aromatic N) is 7. The van der Waals surface area contributed by atoms with Gasteiger partial charge in [0.1, 0.15) is 17.9 Å². The van der Waals surface area contributed by atoms with Crippen molar-refractivity contribution >= 4 is 33.4 Å². The number of hydrogen-bond acceptors (Lipinski definition) is 8. The maximum absolute atomic E-state index is 6.00. The van der Waals surface area contributed by atoms with E-state index >= 15 is 0 Å². The summed E-state index contributed by atoms with van der Waals surface area (Å²) in [5.74, 6) is 1.39. The Hall–Kier alpha value is -3.89. The lowest BCUT2D eigenvalue weighted by atomic mass is 10.1. The van der Waals surface area contributed by atoms with Gasteiger partial charge in [0.25, 0.3) is 0 Å². The predicted octanol–water partition coefficient (Wildman–Crippen LogP) is 5.69. The predicted molar refractivity (Wildman–Crippen MR) is 144 cm³/mol. The van der Waals surface area contributed by atoms with Gasteiger partial charge < -0.3 is 14.8 Å². The monoisotopic (exact) mass is 510 g/mol. The number of aromatic nitrogens is 7. The summed E-state index contributed by atoms with van der Waals surface area (Å²) in [4.78, 5) is 14.3. The molecule has 2 saturated heterocycles. The molecule has 2 fully saturated rings. The van der Waals surface area contributed by atoms with Crippen LogP contribution in [-0.4, -0.2) is 47.7 Å². The van der Waals surface area contributed by atoms with E-state index in [0.29, 0.717) is 11.6 Å². The zero-order chi connectivity index (χ0) is 25.5. The van der Waals surface area contributed by atoms with E-state index in [1.807, 2.05) is 52.8 Å². The molecule has 10 nitrogen and oxygen atoms in total. The summed E-state index contributed by atoms with van der Waals surface area (Å²) in [7, 11) is 0. The second-order valence-electron chi connectivity index (χ2n) is 9.96. The second-order valence-corrected chi connectivity index (χ2v) is 9.96. The van der Waals surface area contributed by atoms with E-state index in [2.05, 4.69) is 16.6 Å². The molecule has 1 aromatic carbocycles. The molecule has 7 rings (SSSR count). The molecule has 2 aliphatic heterocycles. The van der Waals surface area contributed by atoms with Gasteiger partial charge >= 0.3 is 0 Å². The summed E-state index contributed by atoms with van der Waals surface area (Å²) in [6.45, 7) is 3.43. The first-order valence-corrected chi connectivity index (χ1v) is 13.4. The van der Waals surface area contributed by atoms with E-state index in [1.54, 1.807) is 6.20 Å². The van der Waals surface area contributed by atoms with Crippen molar-refractivity contribution in [3.63, 3.8) is 0 Å². The average molecular weight is 511 g/mol. The lowest BCUT2D eigenvalue weighted by Crippen LogP contribution is -2.19. The van der Waals surface area contributed by atoms with Gasteiger partial charge in [-0.1, -0.05) is 6.07 Å². The molecule has 6 heterocycles. The first kappa shape index (κ1) is 23.2. The van der Waals surface area contributed by atoms with Gasteiger partial charge in [-0.15, -0.1) is 0 Å². The number of fused-ring (bicyclic) bond motifs is 2. The van der Waals surface area contributed by atoms with Crippen molar-refractivity contribution < 1.29 is 9.47 Å². The summed E-state index contributed by atoms with van der Waals surface area (Å²) >= 11 is 0. The van der Waals surface area contributed by atoms with Gasteiger partial charge in [-0.05, 0) is 69.7 Å². The maximum atomic E-state index is 6.00. The number of anilines is 2. The minimum atomic E-state index is -0.0998. The van der Waals surface area contributed by atoms with E-state index < -0.39 is 0 Å². The highest BCUT2D eigenvalue weighted by atomic mass is 16.5. The van der Waals surface area contributed by atoms with Crippen LogP contribution in [-0.2, 0) is 9.47 Å². The average Bonchev–Trinajstić information content (AvgIpc) is 3.59. The van der Waals surface area contributed by atoms with Crippen molar-refractivity contribution in [2.75, 3.05) is 18.5 Å². The number of benzene rings is 1. The van der Waals surface area contributed by atoms with Gasteiger partial charge in [0, 0.05) is 36.6 Å². The van der Waals surface area contributed by atoms with Gasteiger partial charge in [-0.25, -0.2) is 24.3 Å². The van der Waals surface area contributed by atoms with Crippen molar-refractivity contribution in [2.45, 2.75) is 57.9 Å². The molecule has 0 aliphatic carbocycles. The van der Waals surface area contributed by atoms with Gasteiger partial charge in [-0.3, -0.25) is 0 Å². The van der Waals surface area contributed by atoms with Crippen LogP contribution in [0.5, 0.6) is 0 Å². The van der Waals surface area contributed by atoms with Crippen LogP contribution in [0.1, 0.15) is 56.8 Å². The first-order valence-electron chi connectivity index (χ1n) is 13.4. The second kappa shape index (κ2) is 9.77. The Morgan fingerprint density at radius 1 is 0.921 bits per heavy atom. The Balaban J connectivity index is 1.28. The van der Waals surface area contributed by atoms with Crippen molar-refractivity contribution in [2.24, 2.45) is 0 Å². The summed E-state index contributed by atoms with van der Waals surface area (Å²) in [6, 6.07) is 10.0. The van der Waals surface area contributed by atoms with E-state index in [4.69, 9.17) is 29.5 Å². The molecule has 2 atom stereocenters. The van der Waals surface area contributed by atoms with Crippen LogP contribution in [0.25, 0.3) is 33.2 Å². The van der Waals surface area contributed by atoms with Crippen molar-refractivity contribution in [1.29, 1.82) is 0 Å². The largest absolute Gasteiger partial charge is 0.357 e. The molecule has 2 unspecified atom stereocenters. The molecule has 0 radical (unpaired) electrons. The molecular formula is C28H30N8O2. The van der Waals surface area contributed by atoms with Gasteiger partial charge in [0.2, 0.25) is 0 Å². The molecule has 0 bridgehead atoms. The van der Waals surface area contributed by atoms with Crippen LogP contribution in [0.15, 0.2) is 48.9 Å². The number of nitrogens with one attached hydrogen (secondary N) is 1. The van der Waals surface area contributed by atoms with E-state index in [9.17, 15) is 0 Å². The molecule has 0 saturated carbocycles. The summed E-state index contributed by atoms with van der Waals surface area (Å²) in [6.07, 6.45) is 11.9. The molecule has 4 aromatic heterocycles. The fourth-order valence-electron chi connectivity index (χ4n) is 5.44. The third-order valence-electron chi connectivity index (χ3n) is 7.33. The number of aryl methyl sites for hydroxylation is 1. The number of rotatable bonds is 5. The van der Waals surface area contributed by atoms with E-state index in [0.717, 1.165) is 90.6 Å². The highest BCUT2D eigenvalue weighted by Gasteiger charge is 2.23. The van der Waals surface area contributed by atoms with Crippen LogP contribution in [0.3, 0.4) is 0 Å². The highest BCUT2D eigenvalue weighted by molar-refractivity contribution is 5.97. The first-order chi connectivity index (χ1) is 18.7. The lowest BCUT2D eigenvalue weighted by Gasteiger charge is -2.23. The minimum Gasteiger partial charge on any atom is -0.357 e. The molecule has 0 spiro atoms. The van der Waals surface area contributed by atoms with E-state index in [1.165, 1.54) is 0 Å². The fourth-order valence-corrected chi connectivity index (χ4v) is 5.44. The zero-order valence-corrected chi connectivity index (χ0v) is 21.4. The third kappa shape index (κ3) is 4.19. The van der Waals surface area contributed by atoms with Crippen molar-refractivity contribution in [3.8, 4) is 11.3 Å². The maximum Gasteiger partial charge on any atom is 0.164 e. The minimum absolute atomic E-state index is 0.0173. The van der Waals surface area contributed by atoms with Crippen LogP contribution >= 0.6 is 0 Å². The Morgan fingerprint density at radius 2 is 1.76 bits per heavy atom. The number of hydrogen-bond donors (Lipinski definition) is 1. The Labute approximate surface area is 220 Å². The number of ether oxygens (including phenoxy) is 2. The van der Waals surface area contributed by atoms with Crippen molar-refractivity contribution in [1.82, 2.24) is 34.5 Å². The standard InChI is InChI=1S/C28H30N8O2/c1-18-31-26(20-16-30-36(28(20)32-18)25-12-3-5-15-38-25)19-8-7-13-29-27(19)33-22-9-6-10-23-21(22)17-35(34-23)24-11-2-4-14-37-24/h6-10,13,16-17,24-25H,2-5,11-12,14-15H2,1H3,(H,29,33). The van der Waals surface area contributed by atoms with Crippen LogP contribution in [0, 0.1) is 6.92 Å². The number of pyridine rings is 1. The summed E-state index contributed by atoms with van der Waals surface area (Å²) in [5.41, 5.74) is 4.30. The Morgan fingerprint density at radius 3 is 2.58 bits per heavy atom. The fraction of sp³-hybridized carbons (Fsp3) is 0.393. The van der Waals surface area contributed by atoms with Crippen LogP contribution < -0.4 is 5.32 Å². The summed E-state index contributed by atoms with van der Waals surface area (Å²) < 4.78 is 15.8. The normalized spacial score (nSPS) is 20.2. The topological polar surface area (TPSA) is 105 Å². The third-order valence-corrected chi connectivity index (χ3v) is 7.33. The molecule has 0 amide bonds. The molecular weight excluding hydrogens is 480 g/mol. The molecule has 2 aliphatic rings. The van der Waals surface area contributed by atoms with Gasteiger partial charge in [0.05, 0.1) is 28.5 Å². The molecule has 194 valence electrons. The van der Waals surface area contributed by atoms with Gasteiger partial charge in [-0.2, -0.15) is 10.2 Å². The van der Waals surface area contributed by atoms with E-state index in [-0.39, 0.29) is 12.5 Å². The molecule has 1 N–H and O–H groups in total. The van der Waals surface area contributed by atoms with Crippen LogP contribution in [0.2, 0.25) is 0 Å². The summed E-state index contributed by atoms with van der Waals surface area (Å²) in [5, 5.41) is 14.9. The van der Waals surface area contributed by atoms with Crippen molar-refractivity contribution in [3.05, 3.63) is 54.7 Å². The molecule has 10 heteroatoms. The lowest BCUT2D eigenvalue weighted by molar-refractivity contribution is -0.0390. The zero-order valence-electron chi connectivity index (χ0n) is 21.4. The quantitative estimate of drug-likeness (QED) is 0.322. The van der Waals surface area contributed by atoms with Gasteiger partial charge in [0.15, 0.2) is 11.9 Å². The Bertz CT molecular complexity index is 1600. The highest BCUT2D eigenvalue weighted by Crippen LogP contribution is 2.35. The molecule has 38 heavy (non-hydrogen) atoms. The van der Waals surface area contributed by atoms with Crippen LogP contribution in [0.4, 0.5) is 11.5 Å². The Kier molecular flexibility index (Phi) is 5.98. The smallest absolute Gasteiger partial charge is 0.164 e. The SMILES string of the molecule is Cc1nc(-c2cccnc2Nc2cccc3nn(C4CCCCO4)cc23)c2cnn(C3CCCCO3)c2n1. The molecule has 5 aromatic rings.